The van der Waals surface area contributed by atoms with Gasteiger partial charge in [-0.2, -0.15) is 10.2 Å². The molecule has 1 aromatic carbocycles. The lowest BCUT2D eigenvalue weighted by atomic mass is 9.48. The fraction of sp³-hybridized carbons (Fsp3) is 0.615. The van der Waals surface area contributed by atoms with Gasteiger partial charge in [0, 0.05) is 11.1 Å². The molecule has 3 saturated carbocycles. The molecule has 0 bridgehead atoms. The smallest absolute Gasteiger partial charge is 0.123 e. The topological polar surface area (TPSA) is 45.0 Å². The second-order valence-electron chi connectivity index (χ2n) is 10.5. The molecule has 6 atom stereocenters. The quantitative estimate of drug-likeness (QED) is 0.368. The van der Waals surface area contributed by atoms with Crippen molar-refractivity contribution in [3.63, 3.8) is 0 Å². The van der Waals surface area contributed by atoms with Gasteiger partial charge in [0.05, 0.1) is 12.3 Å². The largest absolute Gasteiger partial charge is 0.393 e. The van der Waals surface area contributed by atoms with Gasteiger partial charge in [-0.25, -0.2) is 4.39 Å². The van der Waals surface area contributed by atoms with Crippen LogP contribution in [0.1, 0.15) is 70.8 Å². The SMILES string of the molecule is C[C@]12CC[C@H](O)CC1=CC[C@H]1[C@H]2CC[C@]2(C)/C(=N/N=C\c3ccc(F)cc3)CC[C@H]12. The number of halogens is 1. The molecule has 4 aliphatic rings. The van der Waals surface area contributed by atoms with E-state index in [1.807, 2.05) is 0 Å². The lowest BCUT2D eigenvalue weighted by Crippen LogP contribution is -2.50. The highest BCUT2D eigenvalue weighted by atomic mass is 19.1. The predicted octanol–water partition coefficient (Wildman–Crippen LogP) is 5.92. The van der Waals surface area contributed by atoms with Crippen molar-refractivity contribution in [1.82, 2.24) is 0 Å². The molecule has 3 fully saturated rings. The minimum atomic E-state index is -0.229. The van der Waals surface area contributed by atoms with Crippen LogP contribution in [0.25, 0.3) is 0 Å². The molecule has 160 valence electrons. The average molecular weight is 409 g/mol. The Morgan fingerprint density at radius 1 is 1.03 bits per heavy atom. The number of aliphatic hydroxyl groups is 1. The van der Waals surface area contributed by atoms with Crippen molar-refractivity contribution < 1.29 is 9.50 Å². The maximum atomic E-state index is 13.1. The van der Waals surface area contributed by atoms with Gasteiger partial charge >= 0.3 is 0 Å². The van der Waals surface area contributed by atoms with E-state index in [4.69, 9.17) is 0 Å². The van der Waals surface area contributed by atoms with Crippen molar-refractivity contribution in [3.05, 3.63) is 47.3 Å². The zero-order chi connectivity index (χ0) is 20.9. The Morgan fingerprint density at radius 3 is 2.57 bits per heavy atom. The molecular weight excluding hydrogens is 375 g/mol. The molecule has 0 heterocycles. The van der Waals surface area contributed by atoms with Crippen LogP contribution in [0, 0.1) is 34.4 Å². The number of nitrogens with zero attached hydrogens (tertiary/aromatic N) is 2. The van der Waals surface area contributed by atoms with Crippen LogP contribution in [-0.4, -0.2) is 23.1 Å². The molecule has 1 aromatic rings. The van der Waals surface area contributed by atoms with Gasteiger partial charge in [0.15, 0.2) is 0 Å². The molecule has 0 radical (unpaired) electrons. The zero-order valence-electron chi connectivity index (χ0n) is 18.1. The van der Waals surface area contributed by atoms with E-state index >= 15 is 0 Å². The monoisotopic (exact) mass is 408 g/mol. The Morgan fingerprint density at radius 2 is 1.77 bits per heavy atom. The second-order valence-corrected chi connectivity index (χ2v) is 10.5. The fourth-order valence-electron chi connectivity index (χ4n) is 7.31. The third kappa shape index (κ3) is 3.19. The maximum absolute atomic E-state index is 13.1. The fourth-order valence-corrected chi connectivity index (χ4v) is 7.31. The molecule has 0 saturated heterocycles. The van der Waals surface area contributed by atoms with Gasteiger partial charge in [-0.3, -0.25) is 0 Å². The van der Waals surface area contributed by atoms with Crippen LogP contribution in [0.15, 0.2) is 46.1 Å². The summed E-state index contributed by atoms with van der Waals surface area (Å²) in [5.74, 6) is 1.91. The number of fused-ring (bicyclic) bond motifs is 5. The van der Waals surface area contributed by atoms with Crippen LogP contribution < -0.4 is 0 Å². The van der Waals surface area contributed by atoms with Gasteiger partial charge < -0.3 is 5.11 Å². The summed E-state index contributed by atoms with van der Waals surface area (Å²) < 4.78 is 13.1. The average Bonchev–Trinajstić information content (AvgIpc) is 3.06. The maximum Gasteiger partial charge on any atom is 0.123 e. The summed E-state index contributed by atoms with van der Waals surface area (Å²) in [5, 5.41) is 19.2. The molecule has 0 aliphatic heterocycles. The lowest BCUT2D eigenvalue weighted by Gasteiger charge is -2.57. The van der Waals surface area contributed by atoms with E-state index in [2.05, 4.69) is 30.1 Å². The van der Waals surface area contributed by atoms with Gasteiger partial charge in [0.25, 0.3) is 0 Å². The first-order chi connectivity index (χ1) is 14.4. The van der Waals surface area contributed by atoms with Crippen LogP contribution in [0.3, 0.4) is 0 Å². The van der Waals surface area contributed by atoms with Crippen LogP contribution in [0.5, 0.6) is 0 Å². The number of hydrogen-bond acceptors (Lipinski definition) is 3. The molecule has 5 rings (SSSR count). The zero-order valence-corrected chi connectivity index (χ0v) is 18.1. The van der Waals surface area contributed by atoms with Crippen molar-refractivity contribution in [2.24, 2.45) is 38.8 Å². The second kappa shape index (κ2) is 7.40. The Hall–Kier alpha value is -1.81. The number of aliphatic hydroxyl groups excluding tert-OH is 1. The van der Waals surface area contributed by atoms with E-state index in [1.54, 1.807) is 18.3 Å². The van der Waals surface area contributed by atoms with Crippen LogP contribution in [-0.2, 0) is 0 Å². The highest BCUT2D eigenvalue weighted by Gasteiger charge is 2.57. The number of hydrogen-bond donors (Lipinski definition) is 1. The first-order valence-corrected chi connectivity index (χ1v) is 11.6. The lowest BCUT2D eigenvalue weighted by molar-refractivity contribution is -0.0209. The van der Waals surface area contributed by atoms with Gasteiger partial charge in [-0.05, 0) is 92.2 Å². The molecular formula is C26H33FN2O. The van der Waals surface area contributed by atoms with Gasteiger partial charge in [-0.1, -0.05) is 37.6 Å². The van der Waals surface area contributed by atoms with Gasteiger partial charge in [0.2, 0.25) is 0 Å². The third-order valence-corrected chi connectivity index (χ3v) is 9.07. The number of rotatable bonds is 2. The van der Waals surface area contributed by atoms with Gasteiger partial charge in [0.1, 0.15) is 5.82 Å². The van der Waals surface area contributed by atoms with Crippen molar-refractivity contribution in [3.8, 4) is 0 Å². The molecule has 0 spiro atoms. The highest BCUT2D eigenvalue weighted by molar-refractivity contribution is 5.93. The molecule has 0 amide bonds. The van der Waals surface area contributed by atoms with Crippen molar-refractivity contribution in [1.29, 1.82) is 0 Å². The molecule has 1 N–H and O–H groups in total. The summed E-state index contributed by atoms with van der Waals surface area (Å²) in [6.45, 7) is 4.89. The van der Waals surface area contributed by atoms with Crippen LogP contribution in [0.4, 0.5) is 4.39 Å². The van der Waals surface area contributed by atoms with E-state index < -0.39 is 0 Å². The van der Waals surface area contributed by atoms with Gasteiger partial charge in [-0.15, -0.1) is 0 Å². The van der Waals surface area contributed by atoms with E-state index in [9.17, 15) is 9.50 Å². The van der Waals surface area contributed by atoms with E-state index in [1.165, 1.54) is 42.7 Å². The molecule has 0 unspecified atom stereocenters. The van der Waals surface area contributed by atoms with Crippen LogP contribution in [0.2, 0.25) is 0 Å². The first kappa shape index (κ1) is 20.1. The Kier molecular flexibility index (Phi) is 4.96. The summed E-state index contributed by atoms with van der Waals surface area (Å²) in [6.07, 6.45) is 12.9. The van der Waals surface area contributed by atoms with E-state index in [-0.39, 0.29) is 22.8 Å². The molecule has 0 aromatic heterocycles. The first-order valence-electron chi connectivity index (χ1n) is 11.6. The summed E-state index contributed by atoms with van der Waals surface area (Å²) in [5.41, 5.74) is 4.09. The van der Waals surface area contributed by atoms with Crippen molar-refractivity contribution in [2.75, 3.05) is 0 Å². The predicted molar refractivity (Wildman–Crippen MR) is 119 cm³/mol. The summed E-state index contributed by atoms with van der Waals surface area (Å²) >= 11 is 0. The van der Waals surface area contributed by atoms with Crippen molar-refractivity contribution in [2.45, 2.75) is 71.3 Å². The Labute approximate surface area is 179 Å². The molecule has 30 heavy (non-hydrogen) atoms. The number of allylic oxidation sites excluding steroid dienone is 1. The molecule has 4 heteroatoms. The number of benzene rings is 1. The Balaban J connectivity index is 1.37. The summed E-state index contributed by atoms with van der Waals surface area (Å²) in [6, 6.07) is 6.38. The normalized spacial score (nSPS) is 42.0. The minimum Gasteiger partial charge on any atom is -0.393 e. The summed E-state index contributed by atoms with van der Waals surface area (Å²) in [7, 11) is 0. The van der Waals surface area contributed by atoms with E-state index in [0.717, 1.165) is 49.5 Å². The highest BCUT2D eigenvalue weighted by Crippen LogP contribution is 2.64. The Bertz CT molecular complexity index is 904. The van der Waals surface area contributed by atoms with Crippen molar-refractivity contribution >= 4 is 11.9 Å². The third-order valence-electron chi connectivity index (χ3n) is 9.07. The standard InChI is InChI=1S/C26H33FN2O/c1-25-13-11-20(30)15-18(25)5-8-21-22-9-10-24(26(22,2)14-12-23(21)25)29-28-16-17-3-6-19(27)7-4-17/h3-7,16,20-23,30H,8-15H2,1-2H3/b28-16-,29-24+/t20-,21+,22+,23+,25-,26-/m0/s1. The molecule has 4 aliphatic carbocycles. The minimum absolute atomic E-state index is 0.140. The van der Waals surface area contributed by atoms with E-state index in [0.29, 0.717) is 5.92 Å². The molecule has 3 nitrogen and oxygen atoms in total. The summed E-state index contributed by atoms with van der Waals surface area (Å²) in [4.78, 5) is 0. The van der Waals surface area contributed by atoms with Crippen LogP contribution >= 0.6 is 0 Å².